The van der Waals surface area contributed by atoms with E-state index in [0.717, 1.165) is 5.56 Å². The maximum absolute atomic E-state index is 13.5. The van der Waals surface area contributed by atoms with Gasteiger partial charge in [0.1, 0.15) is 12.1 Å². The van der Waals surface area contributed by atoms with Crippen molar-refractivity contribution < 1.29 is 23.9 Å². The van der Waals surface area contributed by atoms with E-state index in [1.165, 1.54) is 18.7 Å². The predicted molar refractivity (Wildman–Crippen MR) is 143 cm³/mol. The van der Waals surface area contributed by atoms with Gasteiger partial charge < -0.3 is 26.0 Å². The number of Topliss-reactive ketones (excluding diaryl/α,β-unsaturated/α-hetero) is 1. The molecule has 0 bridgehead atoms. The molecule has 2 rings (SSSR count). The zero-order valence-corrected chi connectivity index (χ0v) is 23.8. The number of nitrogens with one attached hydrogen (secondary N) is 2. The lowest BCUT2D eigenvalue weighted by molar-refractivity contribution is -0.161. The van der Waals surface area contributed by atoms with Crippen molar-refractivity contribution in [3.63, 3.8) is 0 Å². The van der Waals surface area contributed by atoms with Crippen LogP contribution >= 0.6 is 11.6 Å². The second-order valence-corrected chi connectivity index (χ2v) is 12.1. The molecule has 3 atom stereocenters. The van der Waals surface area contributed by atoms with Gasteiger partial charge in [-0.05, 0) is 48.8 Å². The van der Waals surface area contributed by atoms with Crippen molar-refractivity contribution >= 4 is 35.3 Å². The van der Waals surface area contributed by atoms with Crippen molar-refractivity contribution in [3.05, 3.63) is 34.9 Å². The summed E-state index contributed by atoms with van der Waals surface area (Å²) in [5.41, 5.74) is 4.81. The Labute approximate surface area is 224 Å². The quantitative estimate of drug-likeness (QED) is 0.344. The van der Waals surface area contributed by atoms with Gasteiger partial charge in [-0.2, -0.15) is 0 Å². The minimum Gasteiger partial charge on any atom is -0.438 e. The van der Waals surface area contributed by atoms with Crippen LogP contribution in [0.2, 0.25) is 5.02 Å². The topological polar surface area (TPSA) is 131 Å². The summed E-state index contributed by atoms with van der Waals surface area (Å²) < 4.78 is 5.37. The third-order valence-electron chi connectivity index (χ3n) is 6.54. The lowest BCUT2D eigenvalue weighted by Crippen LogP contribution is -2.61. The molecule has 1 aliphatic rings. The molecule has 1 heterocycles. The van der Waals surface area contributed by atoms with E-state index >= 15 is 0 Å². The largest absolute Gasteiger partial charge is 0.438 e. The van der Waals surface area contributed by atoms with Crippen molar-refractivity contribution in [2.24, 2.45) is 23.0 Å². The van der Waals surface area contributed by atoms with E-state index in [2.05, 4.69) is 10.6 Å². The van der Waals surface area contributed by atoms with Gasteiger partial charge in [-0.15, -0.1) is 0 Å². The van der Waals surface area contributed by atoms with E-state index in [0.29, 0.717) is 11.6 Å². The number of piperidine rings is 1. The summed E-state index contributed by atoms with van der Waals surface area (Å²) in [6.45, 7) is 14.4. The standard InChI is InChI=1S/C27H41ClN4O5/c1-15(2)21(29)24(35)37-27(7,8)31-25(36)30-22(16(3)4)23(34)32-13-19(33)20(26(5,6)14-32)17-9-11-18(28)12-10-17/h9-12,15-16,20-22H,13-14,29H2,1-8H3,(H2,30,31,36). The molecule has 10 heteroatoms. The van der Waals surface area contributed by atoms with Gasteiger partial charge in [0.05, 0.1) is 12.5 Å². The molecule has 0 saturated carbocycles. The SMILES string of the molecule is CC(C)C(N)C(=O)OC(C)(C)NC(=O)NC(C(=O)N1CC(=O)C(c2ccc(Cl)cc2)C(C)(C)C1)C(C)C. The summed E-state index contributed by atoms with van der Waals surface area (Å²) in [5, 5.41) is 5.87. The predicted octanol–water partition coefficient (Wildman–Crippen LogP) is 3.45. The number of ketones is 1. The molecule has 1 fully saturated rings. The number of ether oxygens (including phenoxy) is 1. The molecule has 1 aromatic rings. The Hall–Kier alpha value is -2.65. The minimum absolute atomic E-state index is 0.0573. The van der Waals surface area contributed by atoms with Gasteiger partial charge in [0.15, 0.2) is 11.5 Å². The molecule has 4 N–H and O–H groups in total. The maximum Gasteiger partial charge on any atom is 0.325 e. The molecule has 206 valence electrons. The molecule has 1 aliphatic heterocycles. The Morgan fingerprint density at radius 2 is 1.68 bits per heavy atom. The van der Waals surface area contributed by atoms with Crippen LogP contribution in [0.5, 0.6) is 0 Å². The number of hydrogen-bond acceptors (Lipinski definition) is 6. The van der Waals surface area contributed by atoms with Crippen LogP contribution in [-0.2, 0) is 19.1 Å². The molecular formula is C27H41ClN4O5. The summed E-state index contributed by atoms with van der Waals surface area (Å²) in [7, 11) is 0. The van der Waals surface area contributed by atoms with E-state index in [1.807, 2.05) is 39.8 Å². The number of carbonyl (C=O) groups excluding carboxylic acids is 4. The van der Waals surface area contributed by atoms with E-state index in [-0.39, 0.29) is 36.0 Å². The first-order chi connectivity index (χ1) is 16.9. The summed E-state index contributed by atoms with van der Waals surface area (Å²) in [5.74, 6) is -1.83. The first kappa shape index (κ1) is 30.6. The molecule has 9 nitrogen and oxygen atoms in total. The average molecular weight is 537 g/mol. The Bertz CT molecular complexity index is 1010. The number of hydrogen-bond donors (Lipinski definition) is 3. The van der Waals surface area contributed by atoms with Gasteiger partial charge in [0.2, 0.25) is 5.91 Å². The molecule has 0 aromatic heterocycles. The van der Waals surface area contributed by atoms with Gasteiger partial charge in [0, 0.05) is 11.6 Å². The van der Waals surface area contributed by atoms with Crippen molar-refractivity contribution in [1.82, 2.24) is 15.5 Å². The normalized spacial score (nSPS) is 19.4. The number of nitrogens with two attached hydrogens (primary N) is 1. The summed E-state index contributed by atoms with van der Waals surface area (Å²) in [6.07, 6.45) is 0. The molecule has 3 unspecified atom stereocenters. The van der Waals surface area contributed by atoms with Crippen LogP contribution < -0.4 is 16.4 Å². The van der Waals surface area contributed by atoms with Gasteiger partial charge in [-0.25, -0.2) is 4.79 Å². The highest BCUT2D eigenvalue weighted by atomic mass is 35.5. The van der Waals surface area contributed by atoms with Crippen LogP contribution in [-0.4, -0.2) is 59.5 Å². The van der Waals surface area contributed by atoms with Crippen LogP contribution in [0, 0.1) is 17.3 Å². The van der Waals surface area contributed by atoms with E-state index in [1.54, 1.807) is 26.0 Å². The highest BCUT2D eigenvalue weighted by molar-refractivity contribution is 6.30. The molecule has 37 heavy (non-hydrogen) atoms. The fourth-order valence-corrected chi connectivity index (χ4v) is 4.71. The monoisotopic (exact) mass is 536 g/mol. The summed E-state index contributed by atoms with van der Waals surface area (Å²) >= 11 is 6.01. The van der Waals surface area contributed by atoms with Gasteiger partial charge in [-0.1, -0.05) is 65.3 Å². The fraction of sp³-hybridized carbons (Fsp3) is 0.630. The molecule has 1 aromatic carbocycles. The van der Waals surface area contributed by atoms with Crippen LogP contribution in [0.3, 0.4) is 0 Å². The highest BCUT2D eigenvalue weighted by Crippen LogP contribution is 2.40. The minimum atomic E-state index is -1.35. The van der Waals surface area contributed by atoms with Crippen LogP contribution in [0.15, 0.2) is 24.3 Å². The number of rotatable bonds is 8. The fourth-order valence-electron chi connectivity index (χ4n) is 4.58. The Kier molecular flexibility index (Phi) is 9.76. The Morgan fingerprint density at radius 1 is 1.11 bits per heavy atom. The molecule has 0 aliphatic carbocycles. The lowest BCUT2D eigenvalue weighted by atomic mass is 9.69. The number of likely N-dealkylation sites (tertiary alicyclic amines) is 1. The number of halogens is 1. The first-order valence-electron chi connectivity index (χ1n) is 12.6. The third-order valence-corrected chi connectivity index (χ3v) is 6.80. The van der Waals surface area contributed by atoms with Crippen LogP contribution in [0.4, 0.5) is 4.79 Å². The van der Waals surface area contributed by atoms with Crippen LogP contribution in [0.25, 0.3) is 0 Å². The zero-order valence-electron chi connectivity index (χ0n) is 23.1. The smallest absolute Gasteiger partial charge is 0.325 e. The Balaban J connectivity index is 2.11. The molecule has 3 amide bonds. The maximum atomic E-state index is 13.5. The van der Waals surface area contributed by atoms with Gasteiger partial charge >= 0.3 is 12.0 Å². The number of benzene rings is 1. The van der Waals surface area contributed by atoms with Crippen molar-refractivity contribution in [2.75, 3.05) is 13.1 Å². The van der Waals surface area contributed by atoms with Crippen molar-refractivity contribution in [2.45, 2.75) is 79.1 Å². The van der Waals surface area contributed by atoms with E-state index < -0.39 is 35.2 Å². The number of esters is 1. The van der Waals surface area contributed by atoms with Crippen molar-refractivity contribution in [3.8, 4) is 0 Å². The van der Waals surface area contributed by atoms with E-state index in [9.17, 15) is 19.2 Å². The first-order valence-corrected chi connectivity index (χ1v) is 13.0. The molecule has 1 saturated heterocycles. The number of amides is 3. The number of nitrogens with zero attached hydrogens (tertiary/aromatic N) is 1. The van der Waals surface area contributed by atoms with Gasteiger partial charge in [0.25, 0.3) is 0 Å². The average Bonchev–Trinajstić information content (AvgIpc) is 2.75. The number of carbonyl (C=O) groups is 4. The van der Waals surface area contributed by atoms with Crippen molar-refractivity contribution in [1.29, 1.82) is 0 Å². The summed E-state index contributed by atoms with van der Waals surface area (Å²) in [6, 6.07) is 4.80. The molecule has 0 radical (unpaired) electrons. The third kappa shape index (κ3) is 7.92. The lowest BCUT2D eigenvalue weighted by Gasteiger charge is -2.44. The van der Waals surface area contributed by atoms with Crippen LogP contribution in [0.1, 0.15) is 66.9 Å². The van der Waals surface area contributed by atoms with E-state index in [4.69, 9.17) is 22.1 Å². The zero-order chi connectivity index (χ0) is 28.3. The van der Waals surface area contributed by atoms with Gasteiger partial charge in [-0.3, -0.25) is 14.4 Å². The Morgan fingerprint density at radius 3 is 2.16 bits per heavy atom. The molecular weight excluding hydrogens is 496 g/mol. The second-order valence-electron chi connectivity index (χ2n) is 11.7. The highest BCUT2D eigenvalue weighted by Gasteiger charge is 2.45. The second kappa shape index (κ2) is 11.8. The number of urea groups is 1. The summed E-state index contributed by atoms with van der Waals surface area (Å²) in [4.78, 5) is 53.3. The molecule has 0 spiro atoms.